The SMILES string of the molecule is CCCCCC1COC(C2CCC(c3ccc(C4CCC(C(F)(F)Oc5cc(F)c(/C=C/F)c(F)c5)CC4)c(F)c3)CC2)OC1. The molecule has 0 radical (unpaired) electrons. The third-order valence-electron chi connectivity index (χ3n) is 10.0. The van der Waals surface area contributed by atoms with Gasteiger partial charge in [0.1, 0.15) is 23.2 Å². The van der Waals surface area contributed by atoms with Crippen LogP contribution in [0, 0.1) is 35.2 Å². The number of ether oxygens (including phenoxy) is 3. The first-order chi connectivity index (χ1) is 21.7. The van der Waals surface area contributed by atoms with E-state index in [1.165, 1.54) is 19.3 Å². The summed E-state index contributed by atoms with van der Waals surface area (Å²) in [5.41, 5.74) is 0.828. The van der Waals surface area contributed by atoms with E-state index < -0.39 is 35.0 Å². The summed E-state index contributed by atoms with van der Waals surface area (Å²) in [5, 5.41) is 0. The topological polar surface area (TPSA) is 27.7 Å². The van der Waals surface area contributed by atoms with Crippen molar-refractivity contribution in [1.82, 2.24) is 0 Å². The van der Waals surface area contributed by atoms with Crippen molar-refractivity contribution in [2.75, 3.05) is 13.2 Å². The molecule has 1 aliphatic heterocycles. The molecule has 2 aromatic rings. The molecule has 2 saturated carbocycles. The van der Waals surface area contributed by atoms with Crippen LogP contribution in [-0.2, 0) is 9.47 Å². The van der Waals surface area contributed by atoms with Crippen LogP contribution >= 0.6 is 0 Å². The van der Waals surface area contributed by atoms with Gasteiger partial charge in [0.15, 0.2) is 6.29 Å². The molecular weight excluding hydrogens is 594 g/mol. The molecule has 0 aromatic heterocycles. The van der Waals surface area contributed by atoms with Crippen LogP contribution in [0.15, 0.2) is 36.7 Å². The number of hydrogen-bond donors (Lipinski definition) is 0. The first-order valence-electron chi connectivity index (χ1n) is 16.5. The van der Waals surface area contributed by atoms with E-state index >= 15 is 4.39 Å². The molecule has 3 aliphatic rings. The molecule has 0 amide bonds. The van der Waals surface area contributed by atoms with Crippen LogP contribution in [0.25, 0.3) is 6.08 Å². The molecule has 1 saturated heterocycles. The summed E-state index contributed by atoms with van der Waals surface area (Å²) in [6.07, 6.45) is 6.18. The summed E-state index contributed by atoms with van der Waals surface area (Å²) in [5.74, 6) is -3.67. The fraction of sp³-hybridized carbons (Fsp3) is 0.611. The molecule has 2 aromatic carbocycles. The van der Waals surface area contributed by atoms with Gasteiger partial charge in [-0.1, -0.05) is 38.3 Å². The second-order valence-electron chi connectivity index (χ2n) is 13.1. The zero-order valence-electron chi connectivity index (χ0n) is 25.9. The van der Waals surface area contributed by atoms with Gasteiger partial charge in [0.25, 0.3) is 0 Å². The van der Waals surface area contributed by atoms with Crippen molar-refractivity contribution in [2.45, 2.75) is 108 Å². The smallest absolute Gasteiger partial charge is 0.400 e. The second-order valence-corrected chi connectivity index (χ2v) is 13.1. The lowest BCUT2D eigenvalue weighted by molar-refractivity contribution is -0.229. The van der Waals surface area contributed by atoms with Crippen molar-refractivity contribution in [3.05, 3.63) is 70.8 Å². The van der Waals surface area contributed by atoms with Gasteiger partial charge in [-0.25, -0.2) is 17.6 Å². The van der Waals surface area contributed by atoms with Crippen molar-refractivity contribution < 1.29 is 40.6 Å². The lowest BCUT2D eigenvalue weighted by Gasteiger charge is -2.38. The zero-order chi connectivity index (χ0) is 32.0. The molecule has 3 nitrogen and oxygen atoms in total. The molecule has 1 heterocycles. The van der Waals surface area contributed by atoms with Crippen molar-refractivity contribution >= 4 is 6.08 Å². The predicted molar refractivity (Wildman–Crippen MR) is 161 cm³/mol. The Hall–Kier alpha value is -2.52. The maximum Gasteiger partial charge on any atom is 0.400 e. The van der Waals surface area contributed by atoms with Crippen LogP contribution in [0.1, 0.15) is 112 Å². The van der Waals surface area contributed by atoms with E-state index in [-0.39, 0.29) is 43.1 Å². The summed E-state index contributed by atoms with van der Waals surface area (Å²) in [6, 6.07) is 6.63. The van der Waals surface area contributed by atoms with E-state index in [0.717, 1.165) is 50.9 Å². The number of rotatable bonds is 11. The van der Waals surface area contributed by atoms with Gasteiger partial charge in [0.05, 0.1) is 25.5 Å². The number of hydrogen-bond acceptors (Lipinski definition) is 3. The van der Waals surface area contributed by atoms with Gasteiger partial charge in [-0.2, -0.15) is 8.78 Å². The number of benzene rings is 2. The van der Waals surface area contributed by atoms with Crippen molar-refractivity contribution in [3.63, 3.8) is 0 Å². The minimum atomic E-state index is -3.67. The molecular formula is C36H44F6O3. The highest BCUT2D eigenvalue weighted by atomic mass is 19.3. The Kier molecular flexibility index (Phi) is 11.6. The third kappa shape index (κ3) is 8.45. The third-order valence-corrected chi connectivity index (χ3v) is 10.0. The lowest BCUT2D eigenvalue weighted by atomic mass is 9.76. The van der Waals surface area contributed by atoms with E-state index in [4.69, 9.17) is 14.2 Å². The Morgan fingerprint density at radius 3 is 2.07 bits per heavy atom. The molecule has 0 spiro atoms. The molecule has 0 N–H and O–H groups in total. The Balaban J connectivity index is 1.10. The first kappa shape index (κ1) is 33.8. The largest absolute Gasteiger partial charge is 0.432 e. The highest BCUT2D eigenvalue weighted by Gasteiger charge is 2.44. The molecule has 3 fully saturated rings. The molecule has 5 rings (SSSR count). The predicted octanol–water partition coefficient (Wildman–Crippen LogP) is 10.8. The normalized spacial score (nSPS) is 28.0. The summed E-state index contributed by atoms with van der Waals surface area (Å²) in [4.78, 5) is 0. The molecule has 248 valence electrons. The van der Waals surface area contributed by atoms with Gasteiger partial charge in [-0.05, 0) is 92.9 Å². The molecule has 0 unspecified atom stereocenters. The van der Waals surface area contributed by atoms with Crippen molar-refractivity contribution in [2.24, 2.45) is 17.8 Å². The molecule has 0 atom stereocenters. The maximum absolute atomic E-state index is 15.4. The monoisotopic (exact) mass is 638 g/mol. The first-order valence-corrected chi connectivity index (χ1v) is 16.5. The van der Waals surface area contributed by atoms with Crippen LogP contribution in [0.3, 0.4) is 0 Å². The average Bonchev–Trinajstić information content (AvgIpc) is 3.03. The van der Waals surface area contributed by atoms with Gasteiger partial charge in [-0.3, -0.25) is 0 Å². The summed E-state index contributed by atoms with van der Waals surface area (Å²) >= 11 is 0. The quantitative estimate of drug-likeness (QED) is 0.181. The number of halogens is 6. The average molecular weight is 639 g/mol. The Morgan fingerprint density at radius 1 is 0.822 bits per heavy atom. The van der Waals surface area contributed by atoms with Crippen LogP contribution in [0.2, 0.25) is 0 Å². The fourth-order valence-corrected chi connectivity index (χ4v) is 7.36. The van der Waals surface area contributed by atoms with E-state index in [1.807, 2.05) is 6.07 Å². The van der Waals surface area contributed by atoms with E-state index in [1.54, 1.807) is 12.1 Å². The zero-order valence-corrected chi connectivity index (χ0v) is 25.9. The minimum absolute atomic E-state index is 0.0386. The van der Waals surface area contributed by atoms with Gasteiger partial charge < -0.3 is 14.2 Å². The standard InChI is InChI=1S/C36H44F6O3/c1-2-3-4-5-23-21-43-35(44-22-23)26-8-6-24(7-9-26)27-12-15-30(32(38)18-27)25-10-13-28(14-11-25)36(41,42)45-29-19-33(39)31(16-17-37)34(40)20-29/h12,15-20,23-26,28,35H,2-11,13-14,21-22H2,1H3/b17-16+. The van der Waals surface area contributed by atoms with E-state index in [9.17, 15) is 22.0 Å². The summed E-state index contributed by atoms with van der Waals surface area (Å²) in [6.45, 7) is 3.74. The van der Waals surface area contributed by atoms with Crippen molar-refractivity contribution in [1.29, 1.82) is 0 Å². The van der Waals surface area contributed by atoms with Crippen LogP contribution in [0.4, 0.5) is 26.3 Å². The van der Waals surface area contributed by atoms with Gasteiger partial charge in [-0.15, -0.1) is 0 Å². The van der Waals surface area contributed by atoms with E-state index in [0.29, 0.717) is 48.4 Å². The summed E-state index contributed by atoms with van der Waals surface area (Å²) < 4.78 is 103. The fourth-order valence-electron chi connectivity index (χ4n) is 7.36. The maximum atomic E-state index is 15.4. The highest BCUT2D eigenvalue weighted by molar-refractivity contribution is 5.51. The Bertz CT molecular complexity index is 1250. The van der Waals surface area contributed by atoms with Crippen molar-refractivity contribution in [3.8, 4) is 5.75 Å². The van der Waals surface area contributed by atoms with Gasteiger partial charge in [0.2, 0.25) is 0 Å². The van der Waals surface area contributed by atoms with Gasteiger partial charge in [0, 0.05) is 29.5 Å². The minimum Gasteiger partial charge on any atom is -0.432 e. The number of unbranched alkanes of at least 4 members (excludes halogenated alkanes) is 2. The Labute approximate surface area is 262 Å². The summed E-state index contributed by atoms with van der Waals surface area (Å²) in [7, 11) is 0. The van der Waals surface area contributed by atoms with Crippen LogP contribution < -0.4 is 4.74 Å². The lowest BCUT2D eigenvalue weighted by Crippen LogP contribution is -2.38. The highest BCUT2D eigenvalue weighted by Crippen LogP contribution is 2.45. The van der Waals surface area contributed by atoms with E-state index in [2.05, 4.69) is 6.92 Å². The van der Waals surface area contributed by atoms with Gasteiger partial charge >= 0.3 is 6.11 Å². The number of alkyl halides is 2. The molecule has 2 aliphatic carbocycles. The van der Waals surface area contributed by atoms with Crippen LogP contribution in [-0.4, -0.2) is 25.6 Å². The molecule has 45 heavy (non-hydrogen) atoms. The Morgan fingerprint density at radius 2 is 1.47 bits per heavy atom. The second kappa shape index (κ2) is 15.4. The molecule has 0 bridgehead atoms. The van der Waals surface area contributed by atoms with Crippen LogP contribution in [0.5, 0.6) is 5.75 Å². The molecule has 9 heteroatoms.